The minimum atomic E-state index is -0.189. The number of nitrogens with zero attached hydrogens (tertiary/aromatic N) is 2. The van der Waals surface area contributed by atoms with Gasteiger partial charge in [0.05, 0.1) is 13.7 Å². The van der Waals surface area contributed by atoms with Gasteiger partial charge in [0.2, 0.25) is 0 Å². The number of carbonyl (C=O) groups excluding carboxylic acids is 2. The number of ether oxygens (including phenoxy) is 1. The van der Waals surface area contributed by atoms with Gasteiger partial charge in [0.1, 0.15) is 0 Å². The minimum Gasteiger partial charge on any atom is -0.468 e. The van der Waals surface area contributed by atoms with Crippen LogP contribution in [-0.2, 0) is 9.53 Å². The van der Waals surface area contributed by atoms with Crippen molar-refractivity contribution in [1.29, 1.82) is 0 Å². The molecular formula is C20H30N4O3. The summed E-state index contributed by atoms with van der Waals surface area (Å²) in [5.74, 6) is -0.189. The topological polar surface area (TPSA) is 73.9 Å². The number of anilines is 2. The first-order valence-electron chi connectivity index (χ1n) is 9.86. The first-order chi connectivity index (χ1) is 13.1. The van der Waals surface area contributed by atoms with Crippen molar-refractivity contribution in [3.63, 3.8) is 0 Å². The van der Waals surface area contributed by atoms with Gasteiger partial charge in [0.25, 0.3) is 0 Å². The Morgan fingerprint density at radius 2 is 1.70 bits per heavy atom. The van der Waals surface area contributed by atoms with E-state index in [9.17, 15) is 9.59 Å². The zero-order chi connectivity index (χ0) is 19.1. The number of methoxy groups -OCH3 is 1. The summed E-state index contributed by atoms with van der Waals surface area (Å²) in [4.78, 5) is 27.9. The summed E-state index contributed by atoms with van der Waals surface area (Å²) in [5, 5.41) is 5.99. The van der Waals surface area contributed by atoms with Crippen molar-refractivity contribution in [2.45, 2.75) is 38.1 Å². The van der Waals surface area contributed by atoms with E-state index in [1.807, 2.05) is 24.3 Å². The molecule has 1 aromatic carbocycles. The summed E-state index contributed by atoms with van der Waals surface area (Å²) in [7, 11) is 1.42. The average molecular weight is 374 g/mol. The van der Waals surface area contributed by atoms with Crippen LogP contribution in [0.25, 0.3) is 0 Å². The van der Waals surface area contributed by atoms with Gasteiger partial charge >= 0.3 is 12.0 Å². The molecule has 3 rings (SSSR count). The highest BCUT2D eigenvalue weighted by molar-refractivity contribution is 5.89. The van der Waals surface area contributed by atoms with Crippen molar-refractivity contribution in [2.75, 3.05) is 50.1 Å². The molecule has 1 aliphatic carbocycles. The molecule has 0 spiro atoms. The number of amides is 2. The first kappa shape index (κ1) is 19.5. The van der Waals surface area contributed by atoms with E-state index in [0.717, 1.165) is 50.4 Å². The molecule has 1 heterocycles. The van der Waals surface area contributed by atoms with Gasteiger partial charge in [-0.3, -0.25) is 9.69 Å². The Kier molecular flexibility index (Phi) is 6.92. The van der Waals surface area contributed by atoms with Gasteiger partial charge < -0.3 is 20.3 Å². The zero-order valence-corrected chi connectivity index (χ0v) is 16.1. The number of benzene rings is 1. The molecule has 7 nitrogen and oxygen atoms in total. The van der Waals surface area contributed by atoms with Crippen molar-refractivity contribution in [3.05, 3.63) is 24.3 Å². The Morgan fingerprint density at radius 1 is 1.04 bits per heavy atom. The molecule has 0 bridgehead atoms. The van der Waals surface area contributed by atoms with Crippen LogP contribution in [0, 0.1) is 0 Å². The Balaban J connectivity index is 1.44. The summed E-state index contributed by atoms with van der Waals surface area (Å²) in [6, 6.07) is 8.14. The van der Waals surface area contributed by atoms with Crippen LogP contribution in [0.5, 0.6) is 0 Å². The summed E-state index contributed by atoms with van der Waals surface area (Å²) >= 11 is 0. The molecule has 7 heteroatoms. The fourth-order valence-corrected chi connectivity index (χ4v) is 3.77. The smallest absolute Gasteiger partial charge is 0.319 e. The normalized spacial score (nSPS) is 18.8. The number of rotatable bonds is 5. The second kappa shape index (κ2) is 9.60. The minimum absolute atomic E-state index is 0.119. The fraction of sp³-hybridized carbons (Fsp3) is 0.600. The second-order valence-corrected chi connectivity index (χ2v) is 7.32. The Morgan fingerprint density at radius 3 is 2.33 bits per heavy atom. The molecular weight excluding hydrogens is 344 g/mol. The molecule has 1 saturated carbocycles. The maximum Gasteiger partial charge on any atom is 0.319 e. The molecule has 27 heavy (non-hydrogen) atoms. The molecule has 0 unspecified atom stereocenters. The standard InChI is InChI=1S/C20H30N4O3/c1-27-19(25)15-23-11-13-24(14-12-23)18-9-7-17(8-10-18)22-20(26)21-16-5-3-2-4-6-16/h7-10,16H,2-6,11-15H2,1H3,(H2,21,22,26). The van der Waals surface area contributed by atoms with E-state index in [1.165, 1.54) is 26.4 Å². The quantitative estimate of drug-likeness (QED) is 0.775. The Bertz CT molecular complexity index is 621. The molecule has 1 saturated heterocycles. The number of piperazine rings is 1. The summed E-state index contributed by atoms with van der Waals surface area (Å²) < 4.78 is 4.72. The van der Waals surface area contributed by atoms with E-state index in [2.05, 4.69) is 20.4 Å². The van der Waals surface area contributed by atoms with E-state index in [0.29, 0.717) is 12.6 Å². The molecule has 0 aromatic heterocycles. The Hall–Kier alpha value is -2.28. The number of esters is 1. The lowest BCUT2D eigenvalue weighted by Crippen LogP contribution is -2.48. The van der Waals surface area contributed by atoms with Crippen molar-refractivity contribution < 1.29 is 14.3 Å². The van der Waals surface area contributed by atoms with Crippen molar-refractivity contribution >= 4 is 23.4 Å². The number of urea groups is 1. The van der Waals surface area contributed by atoms with E-state index in [-0.39, 0.29) is 12.0 Å². The molecule has 2 N–H and O–H groups in total. The molecule has 2 amide bonds. The predicted molar refractivity (Wildman–Crippen MR) is 106 cm³/mol. The van der Waals surface area contributed by atoms with Crippen molar-refractivity contribution in [1.82, 2.24) is 10.2 Å². The van der Waals surface area contributed by atoms with E-state index in [4.69, 9.17) is 4.74 Å². The Labute approximate surface area is 161 Å². The van der Waals surface area contributed by atoms with Crippen LogP contribution in [0.15, 0.2) is 24.3 Å². The number of hydrogen-bond donors (Lipinski definition) is 2. The largest absolute Gasteiger partial charge is 0.468 e. The third-order valence-electron chi connectivity index (χ3n) is 5.38. The van der Waals surface area contributed by atoms with Gasteiger partial charge in [0.15, 0.2) is 0 Å². The number of carbonyl (C=O) groups is 2. The van der Waals surface area contributed by atoms with E-state index >= 15 is 0 Å². The van der Waals surface area contributed by atoms with E-state index in [1.54, 1.807) is 0 Å². The highest BCUT2D eigenvalue weighted by Gasteiger charge is 2.19. The van der Waals surface area contributed by atoms with Crippen LogP contribution in [0.1, 0.15) is 32.1 Å². The maximum absolute atomic E-state index is 12.1. The van der Waals surface area contributed by atoms with Crippen molar-refractivity contribution in [3.8, 4) is 0 Å². The summed E-state index contributed by atoms with van der Waals surface area (Å²) in [5.41, 5.74) is 1.93. The third kappa shape index (κ3) is 5.85. The molecule has 0 atom stereocenters. The van der Waals surface area contributed by atoms with Gasteiger partial charge in [0, 0.05) is 43.6 Å². The molecule has 1 aromatic rings. The van der Waals surface area contributed by atoms with Gasteiger partial charge in [-0.25, -0.2) is 4.79 Å². The zero-order valence-electron chi connectivity index (χ0n) is 16.1. The summed E-state index contributed by atoms with van der Waals surface area (Å²) in [6.07, 6.45) is 5.83. The van der Waals surface area contributed by atoms with Crippen LogP contribution >= 0.6 is 0 Å². The summed E-state index contributed by atoms with van der Waals surface area (Å²) in [6.45, 7) is 3.75. The fourth-order valence-electron chi connectivity index (χ4n) is 3.77. The van der Waals surface area contributed by atoms with Crippen molar-refractivity contribution in [2.24, 2.45) is 0 Å². The van der Waals surface area contributed by atoms with Crippen LogP contribution in [0.4, 0.5) is 16.2 Å². The number of nitrogens with one attached hydrogen (secondary N) is 2. The molecule has 148 valence electrons. The lowest BCUT2D eigenvalue weighted by atomic mass is 9.96. The van der Waals surface area contributed by atoms with E-state index < -0.39 is 0 Å². The molecule has 1 aliphatic heterocycles. The first-order valence-corrected chi connectivity index (χ1v) is 9.86. The number of hydrogen-bond acceptors (Lipinski definition) is 5. The lowest BCUT2D eigenvalue weighted by molar-refractivity contribution is -0.142. The average Bonchev–Trinajstić information content (AvgIpc) is 2.70. The molecule has 2 fully saturated rings. The van der Waals surface area contributed by atoms with Gasteiger partial charge in [-0.05, 0) is 37.1 Å². The van der Waals surface area contributed by atoms with Gasteiger partial charge in [-0.1, -0.05) is 19.3 Å². The molecule has 0 radical (unpaired) electrons. The van der Waals surface area contributed by atoms with Crippen LogP contribution in [-0.4, -0.2) is 62.8 Å². The highest BCUT2D eigenvalue weighted by atomic mass is 16.5. The van der Waals surface area contributed by atoms with Gasteiger partial charge in [-0.15, -0.1) is 0 Å². The van der Waals surface area contributed by atoms with Crippen LogP contribution in [0.3, 0.4) is 0 Å². The second-order valence-electron chi connectivity index (χ2n) is 7.32. The SMILES string of the molecule is COC(=O)CN1CCN(c2ccc(NC(=O)NC3CCCCC3)cc2)CC1. The van der Waals surface area contributed by atoms with Gasteiger partial charge in [-0.2, -0.15) is 0 Å². The lowest BCUT2D eigenvalue weighted by Gasteiger charge is -2.35. The molecule has 2 aliphatic rings. The van der Waals surface area contributed by atoms with Crippen LogP contribution in [0.2, 0.25) is 0 Å². The third-order valence-corrected chi connectivity index (χ3v) is 5.38. The highest BCUT2D eigenvalue weighted by Crippen LogP contribution is 2.20. The maximum atomic E-state index is 12.1. The predicted octanol–water partition coefficient (Wildman–Crippen LogP) is 2.44. The monoisotopic (exact) mass is 374 g/mol. The van der Waals surface area contributed by atoms with Crippen LogP contribution < -0.4 is 15.5 Å².